The summed E-state index contributed by atoms with van der Waals surface area (Å²) in [7, 11) is 0. The molecule has 3 heteroatoms. The fourth-order valence-corrected chi connectivity index (χ4v) is 1.11. The highest BCUT2D eigenvalue weighted by molar-refractivity contribution is 5.79. The van der Waals surface area contributed by atoms with Gasteiger partial charge in [0.1, 0.15) is 0 Å². The molecule has 1 N–H and O–H groups in total. The van der Waals surface area contributed by atoms with Gasteiger partial charge in [-0.3, -0.25) is 4.99 Å². The molecule has 1 rings (SSSR count). The molecule has 0 unspecified atom stereocenters. The van der Waals surface area contributed by atoms with E-state index in [1.807, 2.05) is 18.3 Å². The molecule has 0 fully saturated rings. The molecule has 0 aliphatic heterocycles. The summed E-state index contributed by atoms with van der Waals surface area (Å²) in [6.45, 7) is 3.71. The van der Waals surface area contributed by atoms with Crippen LogP contribution in [0.4, 0.5) is 0 Å². The predicted molar refractivity (Wildman–Crippen MR) is 61.5 cm³/mol. The van der Waals surface area contributed by atoms with Gasteiger partial charge in [-0.05, 0) is 12.5 Å². The van der Waals surface area contributed by atoms with Gasteiger partial charge in [0.05, 0.1) is 26.4 Å². The van der Waals surface area contributed by atoms with Crippen LogP contribution in [0.1, 0.15) is 11.1 Å². The highest BCUT2D eigenvalue weighted by Crippen LogP contribution is 1.99. The first-order chi connectivity index (χ1) is 7.33. The van der Waals surface area contributed by atoms with E-state index in [-0.39, 0.29) is 6.61 Å². The van der Waals surface area contributed by atoms with Gasteiger partial charge in [-0.1, -0.05) is 29.8 Å². The zero-order valence-corrected chi connectivity index (χ0v) is 9.02. The van der Waals surface area contributed by atoms with Crippen LogP contribution in [0.3, 0.4) is 0 Å². The van der Waals surface area contributed by atoms with Crippen molar-refractivity contribution in [3.8, 4) is 0 Å². The fraction of sp³-hybridized carbons (Fsp3) is 0.417. The molecule has 0 aliphatic carbocycles. The van der Waals surface area contributed by atoms with Crippen LogP contribution in [0.15, 0.2) is 29.3 Å². The maximum atomic E-state index is 8.46. The van der Waals surface area contributed by atoms with E-state index in [1.165, 1.54) is 5.56 Å². The van der Waals surface area contributed by atoms with E-state index < -0.39 is 0 Å². The number of nitrogens with zero attached hydrogens (tertiary/aromatic N) is 1. The van der Waals surface area contributed by atoms with Crippen LogP contribution in [-0.4, -0.2) is 37.7 Å². The minimum atomic E-state index is 0.0711. The lowest BCUT2D eigenvalue weighted by molar-refractivity contribution is 0.0978. The van der Waals surface area contributed by atoms with Crippen molar-refractivity contribution in [1.82, 2.24) is 0 Å². The quantitative estimate of drug-likeness (QED) is 0.566. The average Bonchev–Trinajstić information content (AvgIpc) is 2.26. The molecule has 82 valence electrons. The van der Waals surface area contributed by atoms with Crippen molar-refractivity contribution in [3.63, 3.8) is 0 Å². The number of aryl methyl sites for hydroxylation is 1. The highest BCUT2D eigenvalue weighted by Gasteiger charge is 1.87. The normalized spacial score (nSPS) is 11.1. The molecule has 0 radical (unpaired) electrons. The van der Waals surface area contributed by atoms with Crippen LogP contribution in [0, 0.1) is 6.92 Å². The van der Waals surface area contributed by atoms with E-state index in [0.29, 0.717) is 19.8 Å². The maximum absolute atomic E-state index is 8.46. The fourth-order valence-electron chi connectivity index (χ4n) is 1.11. The molecule has 0 spiro atoms. The topological polar surface area (TPSA) is 41.8 Å². The smallest absolute Gasteiger partial charge is 0.0698 e. The van der Waals surface area contributed by atoms with Gasteiger partial charge in [0.2, 0.25) is 0 Å². The Kier molecular flexibility index (Phi) is 5.66. The van der Waals surface area contributed by atoms with Crippen molar-refractivity contribution in [3.05, 3.63) is 35.4 Å². The molecule has 0 saturated heterocycles. The Morgan fingerprint density at radius 3 is 2.67 bits per heavy atom. The lowest BCUT2D eigenvalue weighted by Crippen LogP contribution is -2.03. The van der Waals surface area contributed by atoms with Gasteiger partial charge < -0.3 is 9.84 Å². The van der Waals surface area contributed by atoms with Gasteiger partial charge >= 0.3 is 0 Å². The monoisotopic (exact) mass is 207 g/mol. The lowest BCUT2D eigenvalue weighted by Gasteiger charge is -1.98. The molecule has 0 saturated carbocycles. The van der Waals surface area contributed by atoms with Gasteiger partial charge in [-0.2, -0.15) is 0 Å². The number of aliphatic hydroxyl groups is 1. The molecule has 0 aliphatic rings. The second-order valence-corrected chi connectivity index (χ2v) is 3.28. The summed E-state index contributed by atoms with van der Waals surface area (Å²) in [5, 5.41) is 8.46. The molecule has 0 bridgehead atoms. The third-order valence-electron chi connectivity index (χ3n) is 1.92. The number of rotatable bonds is 6. The Bertz CT molecular complexity index is 293. The second kappa shape index (κ2) is 7.15. The number of aliphatic imine (C=N–C) groups is 1. The van der Waals surface area contributed by atoms with E-state index in [0.717, 1.165) is 5.56 Å². The minimum Gasteiger partial charge on any atom is -0.394 e. The second-order valence-electron chi connectivity index (χ2n) is 3.28. The number of hydrogen-bond acceptors (Lipinski definition) is 3. The van der Waals surface area contributed by atoms with Crippen molar-refractivity contribution < 1.29 is 9.84 Å². The van der Waals surface area contributed by atoms with Crippen LogP contribution in [-0.2, 0) is 4.74 Å². The van der Waals surface area contributed by atoms with Gasteiger partial charge in [0, 0.05) is 6.21 Å². The predicted octanol–water partition coefficient (Wildman–Crippen LogP) is 1.42. The van der Waals surface area contributed by atoms with Crippen molar-refractivity contribution in [2.75, 3.05) is 26.4 Å². The zero-order chi connectivity index (χ0) is 10.9. The Morgan fingerprint density at radius 2 is 2.00 bits per heavy atom. The van der Waals surface area contributed by atoms with E-state index in [4.69, 9.17) is 9.84 Å². The van der Waals surface area contributed by atoms with Crippen molar-refractivity contribution in [2.24, 2.45) is 4.99 Å². The molecule has 1 aromatic carbocycles. The van der Waals surface area contributed by atoms with Crippen molar-refractivity contribution >= 4 is 6.21 Å². The van der Waals surface area contributed by atoms with Crippen LogP contribution in [0.5, 0.6) is 0 Å². The molecule has 0 heterocycles. The Hall–Kier alpha value is -1.19. The molecule has 3 nitrogen and oxygen atoms in total. The molecule has 1 aromatic rings. The Morgan fingerprint density at radius 1 is 1.27 bits per heavy atom. The highest BCUT2D eigenvalue weighted by atomic mass is 16.5. The van der Waals surface area contributed by atoms with Crippen molar-refractivity contribution in [2.45, 2.75) is 6.92 Å². The standard InChI is InChI=1S/C12H17NO2/c1-11-2-4-12(5-3-11)10-13-6-8-15-9-7-14/h2-5,10,14H,6-9H2,1H3. The zero-order valence-electron chi connectivity index (χ0n) is 9.02. The first-order valence-electron chi connectivity index (χ1n) is 5.08. The molecular formula is C12H17NO2. The summed E-state index contributed by atoms with van der Waals surface area (Å²) in [5.74, 6) is 0. The van der Waals surface area contributed by atoms with Gasteiger partial charge in [-0.25, -0.2) is 0 Å². The van der Waals surface area contributed by atoms with Crippen LogP contribution >= 0.6 is 0 Å². The van der Waals surface area contributed by atoms with E-state index in [9.17, 15) is 0 Å². The summed E-state index contributed by atoms with van der Waals surface area (Å²) in [4.78, 5) is 4.21. The third-order valence-corrected chi connectivity index (χ3v) is 1.92. The third kappa shape index (κ3) is 5.30. The largest absolute Gasteiger partial charge is 0.394 e. The van der Waals surface area contributed by atoms with Gasteiger partial charge in [-0.15, -0.1) is 0 Å². The van der Waals surface area contributed by atoms with E-state index in [1.54, 1.807) is 0 Å². The van der Waals surface area contributed by atoms with Crippen molar-refractivity contribution in [1.29, 1.82) is 0 Å². The summed E-state index contributed by atoms with van der Waals surface area (Å²) in [6, 6.07) is 8.19. The van der Waals surface area contributed by atoms with E-state index in [2.05, 4.69) is 24.0 Å². The molecule has 0 atom stereocenters. The summed E-state index contributed by atoms with van der Waals surface area (Å²) in [5.41, 5.74) is 2.35. The Balaban J connectivity index is 2.23. The first kappa shape index (κ1) is 11.9. The average molecular weight is 207 g/mol. The number of hydrogen-bond donors (Lipinski definition) is 1. The summed E-state index contributed by atoms with van der Waals surface area (Å²) < 4.78 is 5.08. The number of benzene rings is 1. The summed E-state index contributed by atoms with van der Waals surface area (Å²) in [6.07, 6.45) is 1.84. The van der Waals surface area contributed by atoms with Crippen LogP contribution < -0.4 is 0 Å². The maximum Gasteiger partial charge on any atom is 0.0698 e. The molecule has 0 aromatic heterocycles. The van der Waals surface area contributed by atoms with E-state index >= 15 is 0 Å². The van der Waals surface area contributed by atoms with Gasteiger partial charge in [0.25, 0.3) is 0 Å². The number of aliphatic hydroxyl groups excluding tert-OH is 1. The molecule has 15 heavy (non-hydrogen) atoms. The SMILES string of the molecule is Cc1ccc(C=NCCOCCO)cc1. The Labute approximate surface area is 90.4 Å². The molecule has 0 amide bonds. The van der Waals surface area contributed by atoms with Gasteiger partial charge in [0.15, 0.2) is 0 Å². The lowest BCUT2D eigenvalue weighted by atomic mass is 10.2. The van der Waals surface area contributed by atoms with Crippen LogP contribution in [0.2, 0.25) is 0 Å². The number of ether oxygens (including phenoxy) is 1. The van der Waals surface area contributed by atoms with Crippen LogP contribution in [0.25, 0.3) is 0 Å². The molecular weight excluding hydrogens is 190 g/mol. The minimum absolute atomic E-state index is 0.0711. The summed E-state index contributed by atoms with van der Waals surface area (Å²) >= 11 is 0. The first-order valence-corrected chi connectivity index (χ1v) is 5.08.